The van der Waals surface area contributed by atoms with Gasteiger partial charge in [-0.2, -0.15) is 5.10 Å². The number of hydrogen-bond donors (Lipinski definition) is 0. The molecule has 0 spiro atoms. The Hall–Kier alpha value is -1.77. The molecule has 27 heavy (non-hydrogen) atoms. The lowest BCUT2D eigenvalue weighted by atomic mass is 10.2. The van der Waals surface area contributed by atoms with Gasteiger partial charge in [0.15, 0.2) is 5.65 Å². The van der Waals surface area contributed by atoms with E-state index in [1.807, 2.05) is 17.9 Å². The Morgan fingerprint density at radius 2 is 2.00 bits per heavy atom. The van der Waals surface area contributed by atoms with E-state index in [1.54, 1.807) is 0 Å². The molecule has 148 valence electrons. The fourth-order valence-electron chi connectivity index (χ4n) is 3.90. The van der Waals surface area contributed by atoms with Crippen LogP contribution >= 0.6 is 0 Å². The molecule has 0 aromatic carbocycles. The summed E-state index contributed by atoms with van der Waals surface area (Å²) < 4.78 is 13.5. The van der Waals surface area contributed by atoms with E-state index < -0.39 is 0 Å². The summed E-state index contributed by atoms with van der Waals surface area (Å²) in [5.74, 6) is 1.91. The summed E-state index contributed by atoms with van der Waals surface area (Å²) in [5.41, 5.74) is 0.915. The SMILES string of the molecule is CCCc1nc(N2CCCO[C@@H](CN3CCOCC3)C2)c2cnn(C)c2n1. The Labute approximate surface area is 160 Å². The van der Waals surface area contributed by atoms with E-state index >= 15 is 0 Å². The number of fused-ring (bicyclic) bond motifs is 1. The van der Waals surface area contributed by atoms with E-state index in [2.05, 4.69) is 21.8 Å². The number of rotatable bonds is 5. The second-order valence-electron chi connectivity index (χ2n) is 7.42. The number of anilines is 1. The van der Waals surface area contributed by atoms with Crippen LogP contribution in [-0.2, 0) is 22.9 Å². The molecular formula is C19H30N6O2. The van der Waals surface area contributed by atoms with E-state index in [-0.39, 0.29) is 6.10 Å². The average molecular weight is 374 g/mol. The molecule has 4 heterocycles. The van der Waals surface area contributed by atoms with Gasteiger partial charge in [-0.3, -0.25) is 9.58 Å². The summed E-state index contributed by atoms with van der Waals surface area (Å²) in [6.07, 6.45) is 5.00. The van der Waals surface area contributed by atoms with Gasteiger partial charge in [0, 0.05) is 52.8 Å². The van der Waals surface area contributed by atoms with Crippen molar-refractivity contribution in [2.75, 3.05) is 57.4 Å². The van der Waals surface area contributed by atoms with Crippen molar-refractivity contribution in [1.82, 2.24) is 24.6 Å². The van der Waals surface area contributed by atoms with E-state index in [1.165, 1.54) is 0 Å². The van der Waals surface area contributed by atoms with Crippen LogP contribution < -0.4 is 4.90 Å². The zero-order chi connectivity index (χ0) is 18.6. The normalized spacial score (nSPS) is 22.3. The summed E-state index contributed by atoms with van der Waals surface area (Å²) in [5, 5.41) is 5.45. The van der Waals surface area contributed by atoms with Crippen LogP contribution in [0, 0.1) is 0 Å². The first-order chi connectivity index (χ1) is 13.2. The predicted octanol–water partition coefficient (Wildman–Crippen LogP) is 1.24. The Bertz CT molecular complexity index is 758. The van der Waals surface area contributed by atoms with E-state index in [9.17, 15) is 0 Å². The highest BCUT2D eigenvalue weighted by Gasteiger charge is 2.25. The lowest BCUT2D eigenvalue weighted by Crippen LogP contribution is -2.45. The molecule has 2 aliphatic rings. The molecule has 2 aromatic rings. The maximum absolute atomic E-state index is 6.16. The zero-order valence-corrected chi connectivity index (χ0v) is 16.4. The van der Waals surface area contributed by atoms with Gasteiger partial charge in [-0.1, -0.05) is 6.92 Å². The smallest absolute Gasteiger partial charge is 0.163 e. The standard InChI is InChI=1S/C19H30N6O2/c1-3-5-17-21-18-16(12-20-23(18)2)19(22-17)25-6-4-9-27-15(14-25)13-24-7-10-26-11-8-24/h12,15H,3-11,13-14H2,1-2H3/t15-/m0/s1. The lowest BCUT2D eigenvalue weighted by molar-refractivity contribution is -0.00508. The minimum absolute atomic E-state index is 0.182. The Balaban J connectivity index is 1.58. The molecule has 8 nitrogen and oxygen atoms in total. The summed E-state index contributed by atoms with van der Waals surface area (Å²) in [7, 11) is 1.95. The van der Waals surface area contributed by atoms with Gasteiger partial charge < -0.3 is 14.4 Å². The highest BCUT2D eigenvalue weighted by molar-refractivity contribution is 5.87. The topological polar surface area (TPSA) is 68.5 Å². The monoisotopic (exact) mass is 374 g/mol. The second kappa shape index (κ2) is 8.50. The lowest BCUT2D eigenvalue weighted by Gasteiger charge is -2.32. The zero-order valence-electron chi connectivity index (χ0n) is 16.4. The molecule has 8 heteroatoms. The molecule has 0 radical (unpaired) electrons. The Morgan fingerprint density at radius 1 is 1.15 bits per heavy atom. The van der Waals surface area contributed by atoms with Crippen LogP contribution in [0.25, 0.3) is 11.0 Å². The molecule has 1 atom stereocenters. The highest BCUT2D eigenvalue weighted by Crippen LogP contribution is 2.26. The van der Waals surface area contributed by atoms with Crippen molar-refractivity contribution in [3.63, 3.8) is 0 Å². The summed E-state index contributed by atoms with van der Waals surface area (Å²) in [6.45, 7) is 9.32. The van der Waals surface area contributed by atoms with E-state index in [4.69, 9.17) is 19.4 Å². The molecule has 0 saturated carbocycles. The van der Waals surface area contributed by atoms with Crippen molar-refractivity contribution >= 4 is 16.9 Å². The predicted molar refractivity (Wildman–Crippen MR) is 104 cm³/mol. The van der Waals surface area contributed by atoms with Gasteiger partial charge in [0.05, 0.1) is 30.9 Å². The minimum Gasteiger partial charge on any atom is -0.379 e. The van der Waals surface area contributed by atoms with E-state index in [0.717, 1.165) is 94.5 Å². The molecule has 0 bridgehead atoms. The third kappa shape index (κ3) is 4.23. The molecule has 0 N–H and O–H groups in total. The maximum Gasteiger partial charge on any atom is 0.163 e. The second-order valence-corrected chi connectivity index (χ2v) is 7.42. The van der Waals surface area contributed by atoms with Crippen molar-refractivity contribution in [3.05, 3.63) is 12.0 Å². The average Bonchev–Trinajstić information content (AvgIpc) is 2.90. The molecule has 2 saturated heterocycles. The summed E-state index contributed by atoms with van der Waals surface area (Å²) in [6, 6.07) is 0. The Morgan fingerprint density at radius 3 is 2.81 bits per heavy atom. The first-order valence-electron chi connectivity index (χ1n) is 10.1. The third-order valence-corrected chi connectivity index (χ3v) is 5.31. The minimum atomic E-state index is 0.182. The Kier molecular flexibility index (Phi) is 5.85. The van der Waals surface area contributed by atoms with Crippen LogP contribution in [0.3, 0.4) is 0 Å². The number of nitrogens with zero attached hydrogens (tertiary/aromatic N) is 6. The fourth-order valence-corrected chi connectivity index (χ4v) is 3.90. The quantitative estimate of drug-likeness (QED) is 0.780. The number of hydrogen-bond acceptors (Lipinski definition) is 7. The van der Waals surface area contributed by atoms with Gasteiger partial charge in [-0.25, -0.2) is 9.97 Å². The molecule has 4 rings (SSSR count). The third-order valence-electron chi connectivity index (χ3n) is 5.31. The van der Waals surface area contributed by atoms with Crippen LogP contribution in [0.15, 0.2) is 6.20 Å². The van der Waals surface area contributed by atoms with Gasteiger partial charge in [-0.15, -0.1) is 0 Å². The fraction of sp³-hybridized carbons (Fsp3) is 0.737. The van der Waals surface area contributed by atoms with Gasteiger partial charge in [0.25, 0.3) is 0 Å². The van der Waals surface area contributed by atoms with Gasteiger partial charge in [-0.05, 0) is 12.8 Å². The van der Waals surface area contributed by atoms with Crippen molar-refractivity contribution in [2.24, 2.45) is 7.05 Å². The van der Waals surface area contributed by atoms with Gasteiger partial charge >= 0.3 is 0 Å². The molecule has 2 fully saturated rings. The molecule has 2 aliphatic heterocycles. The summed E-state index contributed by atoms with van der Waals surface area (Å²) >= 11 is 0. The van der Waals surface area contributed by atoms with Crippen LogP contribution in [0.5, 0.6) is 0 Å². The van der Waals surface area contributed by atoms with Crippen LogP contribution in [0.1, 0.15) is 25.6 Å². The molecule has 0 amide bonds. The number of ether oxygens (including phenoxy) is 2. The van der Waals surface area contributed by atoms with Crippen LogP contribution in [0.4, 0.5) is 5.82 Å². The molecule has 0 unspecified atom stereocenters. The molecular weight excluding hydrogens is 344 g/mol. The van der Waals surface area contributed by atoms with E-state index in [0.29, 0.717) is 0 Å². The number of morpholine rings is 1. The first kappa shape index (κ1) is 18.6. The van der Waals surface area contributed by atoms with Gasteiger partial charge in [0.1, 0.15) is 11.6 Å². The van der Waals surface area contributed by atoms with Crippen molar-refractivity contribution in [2.45, 2.75) is 32.3 Å². The summed E-state index contributed by atoms with van der Waals surface area (Å²) in [4.78, 5) is 14.5. The number of aromatic nitrogens is 4. The van der Waals surface area contributed by atoms with Gasteiger partial charge in [0.2, 0.25) is 0 Å². The van der Waals surface area contributed by atoms with Crippen molar-refractivity contribution < 1.29 is 9.47 Å². The van der Waals surface area contributed by atoms with Crippen LogP contribution in [0.2, 0.25) is 0 Å². The molecule has 0 aliphatic carbocycles. The maximum atomic E-state index is 6.16. The number of aryl methyl sites for hydroxylation is 2. The van der Waals surface area contributed by atoms with Crippen LogP contribution in [-0.4, -0.2) is 83.3 Å². The highest BCUT2D eigenvalue weighted by atomic mass is 16.5. The van der Waals surface area contributed by atoms with Crippen molar-refractivity contribution in [1.29, 1.82) is 0 Å². The molecule has 2 aromatic heterocycles. The first-order valence-corrected chi connectivity index (χ1v) is 10.1. The largest absolute Gasteiger partial charge is 0.379 e. The van der Waals surface area contributed by atoms with Crippen molar-refractivity contribution in [3.8, 4) is 0 Å².